The summed E-state index contributed by atoms with van der Waals surface area (Å²) in [6, 6.07) is 6.01. The molecular weight excluding hydrogens is 392 g/mol. The van der Waals surface area contributed by atoms with Crippen LogP contribution in [0.2, 0.25) is 0 Å². The van der Waals surface area contributed by atoms with Gasteiger partial charge in [-0.15, -0.1) is 0 Å². The Hall–Kier alpha value is -1.55. The second kappa shape index (κ2) is 9.07. The Labute approximate surface area is 173 Å². The summed E-state index contributed by atoms with van der Waals surface area (Å²) in [5.41, 5.74) is -0.365. The lowest BCUT2D eigenvalue weighted by atomic mass is 9.87. The summed E-state index contributed by atoms with van der Waals surface area (Å²) in [6.45, 7) is 2.10. The van der Waals surface area contributed by atoms with Crippen molar-refractivity contribution in [2.75, 3.05) is 34.2 Å². The molecule has 1 saturated carbocycles. The van der Waals surface area contributed by atoms with Gasteiger partial charge < -0.3 is 4.90 Å². The minimum atomic E-state index is -3.96. The van der Waals surface area contributed by atoms with E-state index in [1.165, 1.54) is 28.6 Å². The van der Waals surface area contributed by atoms with Crippen molar-refractivity contribution in [3.63, 3.8) is 0 Å². The van der Waals surface area contributed by atoms with Crippen molar-refractivity contribution in [1.29, 1.82) is 0 Å². The quantitative estimate of drug-likeness (QED) is 0.515. The Balaban J connectivity index is 1.85. The van der Waals surface area contributed by atoms with E-state index in [1.54, 1.807) is 7.05 Å². The molecule has 0 N–H and O–H groups in total. The van der Waals surface area contributed by atoms with E-state index in [4.69, 9.17) is 0 Å². The van der Waals surface area contributed by atoms with Gasteiger partial charge in [0.05, 0.1) is 4.92 Å². The van der Waals surface area contributed by atoms with E-state index in [1.807, 2.05) is 0 Å². The summed E-state index contributed by atoms with van der Waals surface area (Å²) in [5.74, 6) is 0. The van der Waals surface area contributed by atoms with Crippen molar-refractivity contribution in [3.8, 4) is 0 Å². The van der Waals surface area contributed by atoms with E-state index in [0.29, 0.717) is 6.04 Å². The van der Waals surface area contributed by atoms with E-state index in [2.05, 4.69) is 23.9 Å². The molecule has 8 nitrogen and oxygen atoms in total. The number of nitro groups is 1. The average Bonchev–Trinajstić information content (AvgIpc) is 2.73. The summed E-state index contributed by atoms with van der Waals surface area (Å²) in [4.78, 5) is 15.2. The standard InChI is InChI=1S/C20H32N4O4S/c1-21-14-12-16(13-15-21)22(2)17-8-4-5-9-18(17)23(3)29(27,28)20-11-7-6-10-19(20)24(25)26/h6-7,10-11,16-18H,4-5,8-9,12-15H2,1-3H3. The average molecular weight is 425 g/mol. The maximum atomic E-state index is 13.3. The fourth-order valence-corrected chi connectivity index (χ4v) is 6.39. The molecule has 0 amide bonds. The van der Waals surface area contributed by atoms with Crippen LogP contribution < -0.4 is 0 Å². The van der Waals surface area contributed by atoms with Crippen molar-refractivity contribution in [2.24, 2.45) is 0 Å². The molecule has 1 aromatic carbocycles. The van der Waals surface area contributed by atoms with Crippen LogP contribution in [-0.4, -0.2) is 79.8 Å². The van der Waals surface area contributed by atoms with Crippen LogP contribution in [0.5, 0.6) is 0 Å². The smallest absolute Gasteiger partial charge is 0.289 e. The highest BCUT2D eigenvalue weighted by Gasteiger charge is 2.40. The minimum absolute atomic E-state index is 0.125. The molecular formula is C20H32N4O4S. The van der Waals surface area contributed by atoms with Crippen LogP contribution in [0.25, 0.3) is 0 Å². The highest BCUT2D eigenvalue weighted by Crippen LogP contribution is 2.34. The zero-order chi connectivity index (χ0) is 21.2. The number of likely N-dealkylation sites (N-methyl/N-ethyl adjacent to an activating group) is 2. The molecule has 162 valence electrons. The molecule has 2 aliphatic rings. The third-order valence-electron chi connectivity index (χ3n) is 6.67. The van der Waals surface area contributed by atoms with Crippen LogP contribution in [0.1, 0.15) is 38.5 Å². The van der Waals surface area contributed by atoms with Gasteiger partial charge >= 0.3 is 0 Å². The normalized spacial score (nSPS) is 24.9. The van der Waals surface area contributed by atoms with Crippen LogP contribution in [-0.2, 0) is 10.0 Å². The van der Waals surface area contributed by atoms with Crippen molar-refractivity contribution in [2.45, 2.75) is 61.5 Å². The van der Waals surface area contributed by atoms with Gasteiger partial charge in [-0.3, -0.25) is 15.0 Å². The Morgan fingerprint density at radius 1 is 1.03 bits per heavy atom. The van der Waals surface area contributed by atoms with Gasteiger partial charge in [0.15, 0.2) is 4.90 Å². The number of sulfonamides is 1. The van der Waals surface area contributed by atoms with E-state index in [9.17, 15) is 18.5 Å². The number of nitro benzene ring substituents is 1. The van der Waals surface area contributed by atoms with Crippen LogP contribution in [0.15, 0.2) is 29.2 Å². The molecule has 3 rings (SSSR count). The van der Waals surface area contributed by atoms with Crippen molar-refractivity contribution < 1.29 is 13.3 Å². The molecule has 0 aromatic heterocycles. The van der Waals surface area contributed by atoms with Crippen LogP contribution in [0, 0.1) is 10.1 Å². The minimum Gasteiger partial charge on any atom is -0.306 e. The lowest BCUT2D eigenvalue weighted by molar-refractivity contribution is -0.387. The molecule has 2 atom stereocenters. The molecule has 1 aromatic rings. The van der Waals surface area contributed by atoms with Crippen LogP contribution >= 0.6 is 0 Å². The number of rotatable bonds is 6. The number of piperidine rings is 1. The summed E-state index contributed by atoms with van der Waals surface area (Å²) < 4.78 is 28.1. The highest BCUT2D eigenvalue weighted by molar-refractivity contribution is 7.89. The summed E-state index contributed by atoms with van der Waals surface area (Å²) >= 11 is 0. The highest BCUT2D eigenvalue weighted by atomic mass is 32.2. The van der Waals surface area contributed by atoms with Gasteiger partial charge in [-0.2, -0.15) is 4.31 Å². The zero-order valence-corrected chi connectivity index (χ0v) is 18.3. The van der Waals surface area contributed by atoms with Gasteiger partial charge in [0.1, 0.15) is 0 Å². The SMILES string of the molecule is CN1CCC(N(C)C2CCCCC2N(C)S(=O)(=O)c2ccccc2[N+](=O)[O-])CC1. The zero-order valence-electron chi connectivity index (χ0n) is 17.5. The molecule has 0 radical (unpaired) electrons. The van der Waals surface area contributed by atoms with Crippen molar-refractivity contribution in [1.82, 2.24) is 14.1 Å². The van der Waals surface area contributed by atoms with Crippen molar-refractivity contribution in [3.05, 3.63) is 34.4 Å². The first-order valence-electron chi connectivity index (χ1n) is 10.4. The molecule has 1 aliphatic carbocycles. The van der Waals surface area contributed by atoms with Crippen LogP contribution in [0.4, 0.5) is 5.69 Å². The van der Waals surface area contributed by atoms with Gasteiger partial charge in [0.25, 0.3) is 5.69 Å². The molecule has 1 aliphatic heterocycles. The van der Waals surface area contributed by atoms with E-state index >= 15 is 0 Å². The maximum absolute atomic E-state index is 13.3. The topological polar surface area (TPSA) is 87.0 Å². The van der Waals surface area contributed by atoms with E-state index in [0.717, 1.165) is 51.6 Å². The summed E-state index contributed by atoms with van der Waals surface area (Å²) in [5, 5.41) is 11.4. The number of hydrogen-bond donors (Lipinski definition) is 0. The Kier molecular flexibility index (Phi) is 6.93. The molecule has 0 spiro atoms. The Morgan fingerprint density at radius 2 is 1.62 bits per heavy atom. The first-order chi connectivity index (χ1) is 13.7. The second-order valence-corrected chi connectivity index (χ2v) is 10.3. The maximum Gasteiger partial charge on any atom is 0.289 e. The number of para-hydroxylation sites is 1. The third kappa shape index (κ3) is 4.63. The molecule has 2 unspecified atom stereocenters. The number of hydrogen-bond acceptors (Lipinski definition) is 6. The molecule has 29 heavy (non-hydrogen) atoms. The van der Waals surface area contributed by atoms with Crippen molar-refractivity contribution >= 4 is 15.7 Å². The predicted octanol–water partition coefficient (Wildman–Crippen LogP) is 2.55. The third-order valence-corrected chi connectivity index (χ3v) is 8.60. The van der Waals surface area contributed by atoms with E-state index < -0.39 is 14.9 Å². The van der Waals surface area contributed by atoms with E-state index in [-0.39, 0.29) is 22.7 Å². The predicted molar refractivity (Wildman–Crippen MR) is 112 cm³/mol. The van der Waals surface area contributed by atoms with Gasteiger partial charge in [-0.05, 0) is 58.9 Å². The molecule has 1 saturated heterocycles. The van der Waals surface area contributed by atoms with Gasteiger partial charge in [-0.1, -0.05) is 25.0 Å². The molecule has 0 bridgehead atoms. The number of likely N-dealkylation sites (tertiary alicyclic amines) is 1. The number of nitrogens with zero attached hydrogens (tertiary/aromatic N) is 4. The van der Waals surface area contributed by atoms with Gasteiger partial charge in [-0.25, -0.2) is 8.42 Å². The molecule has 1 heterocycles. The van der Waals surface area contributed by atoms with Gasteiger partial charge in [0, 0.05) is 31.2 Å². The first kappa shape index (κ1) is 22.1. The first-order valence-corrected chi connectivity index (χ1v) is 11.8. The Bertz CT molecular complexity index is 824. The molecule has 9 heteroatoms. The van der Waals surface area contributed by atoms with Gasteiger partial charge in [0.2, 0.25) is 10.0 Å². The fourth-order valence-electron chi connectivity index (χ4n) is 4.82. The Morgan fingerprint density at radius 3 is 2.24 bits per heavy atom. The monoisotopic (exact) mass is 424 g/mol. The fraction of sp³-hybridized carbons (Fsp3) is 0.700. The largest absolute Gasteiger partial charge is 0.306 e. The number of benzene rings is 1. The lowest BCUT2D eigenvalue weighted by Gasteiger charge is -2.46. The van der Waals surface area contributed by atoms with Crippen LogP contribution in [0.3, 0.4) is 0 Å². The second-order valence-electron chi connectivity index (χ2n) is 8.37. The lowest BCUT2D eigenvalue weighted by Crippen LogP contribution is -2.56. The summed E-state index contributed by atoms with van der Waals surface area (Å²) in [6.07, 6.45) is 5.94. The summed E-state index contributed by atoms with van der Waals surface area (Å²) in [7, 11) is 1.86. The molecule has 2 fully saturated rings.